The van der Waals surface area contributed by atoms with Crippen molar-refractivity contribution in [2.75, 3.05) is 25.1 Å². The molecule has 0 fully saturated rings. The monoisotopic (exact) mass is 319 g/mol. The highest BCUT2D eigenvalue weighted by atomic mass is 35.5. The van der Waals surface area contributed by atoms with Crippen LogP contribution in [0.5, 0.6) is 0 Å². The minimum atomic E-state index is -3.00. The molecule has 0 aliphatic carbocycles. The van der Waals surface area contributed by atoms with Crippen molar-refractivity contribution in [2.45, 2.75) is 26.0 Å². The Morgan fingerprint density at radius 1 is 1.25 bits per heavy atom. The summed E-state index contributed by atoms with van der Waals surface area (Å²) in [6, 6.07) is 7.19. The lowest BCUT2D eigenvalue weighted by Gasteiger charge is -2.28. The highest BCUT2D eigenvalue weighted by Crippen LogP contribution is 2.18. The summed E-state index contributed by atoms with van der Waals surface area (Å²) in [5.41, 5.74) is 0.777. The first-order chi connectivity index (χ1) is 9.19. The van der Waals surface area contributed by atoms with Crippen LogP contribution in [0.4, 0.5) is 0 Å². The maximum absolute atomic E-state index is 11.2. The number of halogens is 1. The van der Waals surface area contributed by atoms with Crippen molar-refractivity contribution in [3.63, 3.8) is 0 Å². The van der Waals surface area contributed by atoms with Gasteiger partial charge in [0.2, 0.25) is 0 Å². The Morgan fingerprint density at radius 2 is 1.80 bits per heavy atom. The molecule has 1 unspecified atom stereocenters. The minimum Gasteiger partial charge on any atom is -0.387 e. The lowest BCUT2D eigenvalue weighted by Crippen LogP contribution is -2.38. The zero-order valence-corrected chi connectivity index (χ0v) is 13.7. The fraction of sp³-hybridized carbons (Fsp3) is 0.571. The molecule has 1 rings (SSSR count). The summed E-state index contributed by atoms with van der Waals surface area (Å²) >= 11 is 5.81. The first-order valence-electron chi connectivity index (χ1n) is 6.54. The van der Waals surface area contributed by atoms with Gasteiger partial charge in [-0.15, -0.1) is 0 Å². The third-order valence-corrected chi connectivity index (χ3v) is 4.32. The van der Waals surface area contributed by atoms with E-state index in [1.165, 1.54) is 6.26 Å². The first kappa shape index (κ1) is 17.4. The molecule has 0 spiro atoms. The molecule has 20 heavy (non-hydrogen) atoms. The minimum absolute atomic E-state index is 0.0958. The third kappa shape index (κ3) is 6.22. The maximum atomic E-state index is 11.2. The van der Waals surface area contributed by atoms with Crippen LogP contribution in [0.2, 0.25) is 5.02 Å². The molecule has 1 aromatic rings. The molecule has 114 valence electrons. The number of hydrogen-bond acceptors (Lipinski definition) is 4. The van der Waals surface area contributed by atoms with Gasteiger partial charge in [-0.05, 0) is 31.5 Å². The van der Waals surface area contributed by atoms with Crippen molar-refractivity contribution in [3.8, 4) is 0 Å². The van der Waals surface area contributed by atoms with E-state index in [4.69, 9.17) is 11.6 Å². The van der Waals surface area contributed by atoms with E-state index in [-0.39, 0.29) is 11.8 Å². The average Bonchev–Trinajstić information content (AvgIpc) is 2.33. The van der Waals surface area contributed by atoms with E-state index < -0.39 is 15.9 Å². The van der Waals surface area contributed by atoms with Crippen molar-refractivity contribution in [1.82, 2.24) is 4.90 Å². The van der Waals surface area contributed by atoms with E-state index in [9.17, 15) is 13.5 Å². The summed E-state index contributed by atoms with van der Waals surface area (Å²) in [6.45, 7) is 4.78. The van der Waals surface area contributed by atoms with E-state index in [0.29, 0.717) is 18.1 Å². The lowest BCUT2D eigenvalue weighted by atomic mass is 10.1. The van der Waals surface area contributed by atoms with Crippen LogP contribution in [0.1, 0.15) is 25.5 Å². The normalized spacial score (nSPS) is 13.9. The largest absolute Gasteiger partial charge is 0.387 e. The second-order valence-corrected chi connectivity index (χ2v) is 7.98. The molecular weight excluding hydrogens is 298 g/mol. The first-order valence-corrected chi connectivity index (χ1v) is 8.98. The molecule has 0 radical (unpaired) electrons. The van der Waals surface area contributed by atoms with Gasteiger partial charge < -0.3 is 5.11 Å². The molecule has 6 heteroatoms. The predicted molar refractivity (Wildman–Crippen MR) is 82.8 cm³/mol. The van der Waals surface area contributed by atoms with Crippen LogP contribution in [-0.4, -0.2) is 49.6 Å². The van der Waals surface area contributed by atoms with Crippen LogP contribution in [0.25, 0.3) is 0 Å². The van der Waals surface area contributed by atoms with Crippen LogP contribution in [0.15, 0.2) is 24.3 Å². The third-order valence-electron chi connectivity index (χ3n) is 3.14. The van der Waals surface area contributed by atoms with Gasteiger partial charge in [-0.2, -0.15) is 0 Å². The topological polar surface area (TPSA) is 57.6 Å². The molecule has 0 aliphatic rings. The fourth-order valence-corrected chi connectivity index (χ4v) is 2.55. The van der Waals surface area contributed by atoms with Crippen molar-refractivity contribution < 1.29 is 13.5 Å². The molecule has 0 aromatic heterocycles. The molecule has 0 saturated heterocycles. The Bertz CT molecular complexity index is 514. The average molecular weight is 320 g/mol. The molecular formula is C14H22ClNO3S. The summed E-state index contributed by atoms with van der Waals surface area (Å²) < 4.78 is 22.5. The van der Waals surface area contributed by atoms with E-state index in [1.54, 1.807) is 24.3 Å². The Hall–Kier alpha value is -0.620. The van der Waals surface area contributed by atoms with Gasteiger partial charge in [0, 0.05) is 30.4 Å². The van der Waals surface area contributed by atoms with Crippen LogP contribution >= 0.6 is 11.6 Å². The number of aliphatic hydroxyl groups excluding tert-OH is 1. The molecule has 1 aromatic carbocycles. The van der Waals surface area contributed by atoms with E-state index >= 15 is 0 Å². The molecule has 1 atom stereocenters. The van der Waals surface area contributed by atoms with E-state index in [1.807, 2.05) is 18.7 Å². The molecule has 4 nitrogen and oxygen atoms in total. The molecule has 1 N–H and O–H groups in total. The zero-order chi connectivity index (χ0) is 15.3. The van der Waals surface area contributed by atoms with Gasteiger partial charge in [-0.1, -0.05) is 23.7 Å². The van der Waals surface area contributed by atoms with Gasteiger partial charge in [0.05, 0.1) is 11.9 Å². The molecule has 0 amide bonds. The quantitative estimate of drug-likeness (QED) is 0.836. The summed E-state index contributed by atoms with van der Waals surface area (Å²) in [6.07, 6.45) is 0.565. The molecule has 0 saturated carbocycles. The Morgan fingerprint density at radius 3 is 2.25 bits per heavy atom. The van der Waals surface area contributed by atoms with Crippen molar-refractivity contribution in [1.29, 1.82) is 0 Å². The van der Waals surface area contributed by atoms with Crippen molar-refractivity contribution in [2.24, 2.45) is 0 Å². The van der Waals surface area contributed by atoms with Gasteiger partial charge in [-0.3, -0.25) is 4.90 Å². The lowest BCUT2D eigenvalue weighted by molar-refractivity contribution is 0.0996. The number of rotatable bonds is 7. The van der Waals surface area contributed by atoms with Gasteiger partial charge >= 0.3 is 0 Å². The van der Waals surface area contributed by atoms with Gasteiger partial charge in [0.25, 0.3) is 0 Å². The summed E-state index contributed by atoms with van der Waals surface area (Å²) in [7, 11) is -3.00. The Kier molecular flexibility index (Phi) is 6.45. The number of nitrogens with zero attached hydrogens (tertiary/aromatic N) is 1. The smallest absolute Gasteiger partial charge is 0.148 e. The predicted octanol–water partition coefficient (Wildman–Crippen LogP) is 2.13. The van der Waals surface area contributed by atoms with Gasteiger partial charge in [-0.25, -0.2) is 8.42 Å². The maximum Gasteiger partial charge on any atom is 0.148 e. The van der Waals surface area contributed by atoms with Crippen LogP contribution in [0, 0.1) is 0 Å². The van der Waals surface area contributed by atoms with Gasteiger partial charge in [0.15, 0.2) is 0 Å². The van der Waals surface area contributed by atoms with Gasteiger partial charge in [0.1, 0.15) is 9.84 Å². The van der Waals surface area contributed by atoms with E-state index in [0.717, 1.165) is 5.56 Å². The summed E-state index contributed by atoms with van der Waals surface area (Å²) in [4.78, 5) is 1.96. The highest BCUT2D eigenvalue weighted by molar-refractivity contribution is 7.90. The Balaban J connectivity index is 2.67. The molecule has 0 heterocycles. The SMILES string of the molecule is CC(C)N(CCS(C)(=O)=O)CC(O)c1ccc(Cl)cc1. The van der Waals surface area contributed by atoms with Crippen molar-refractivity contribution >= 4 is 21.4 Å². The summed E-state index contributed by atoms with van der Waals surface area (Å²) in [5, 5.41) is 10.8. The number of hydrogen-bond donors (Lipinski definition) is 1. The standard InChI is InChI=1S/C14H22ClNO3S/c1-11(2)16(8-9-20(3,18)19)10-14(17)12-4-6-13(15)7-5-12/h4-7,11,14,17H,8-10H2,1-3H3. The fourth-order valence-electron chi connectivity index (χ4n) is 1.86. The van der Waals surface area contributed by atoms with Crippen LogP contribution < -0.4 is 0 Å². The number of benzene rings is 1. The van der Waals surface area contributed by atoms with Crippen LogP contribution in [0.3, 0.4) is 0 Å². The van der Waals surface area contributed by atoms with Crippen LogP contribution in [-0.2, 0) is 9.84 Å². The molecule has 0 bridgehead atoms. The number of aliphatic hydroxyl groups is 1. The Labute approximate surface area is 126 Å². The molecule has 0 aliphatic heterocycles. The zero-order valence-electron chi connectivity index (χ0n) is 12.1. The second kappa shape index (κ2) is 7.41. The second-order valence-electron chi connectivity index (χ2n) is 5.29. The number of sulfone groups is 1. The highest BCUT2D eigenvalue weighted by Gasteiger charge is 2.17. The van der Waals surface area contributed by atoms with Crippen molar-refractivity contribution in [3.05, 3.63) is 34.9 Å². The summed E-state index contributed by atoms with van der Waals surface area (Å²) in [5.74, 6) is 0.0958. The van der Waals surface area contributed by atoms with E-state index in [2.05, 4.69) is 0 Å².